The normalized spacial score (nSPS) is 14.7. The van der Waals surface area contributed by atoms with Gasteiger partial charge in [-0.3, -0.25) is 0 Å². The average Bonchev–Trinajstić information content (AvgIpc) is 3.14. The van der Waals surface area contributed by atoms with Crippen molar-refractivity contribution in [2.45, 2.75) is 38.1 Å². The summed E-state index contributed by atoms with van der Waals surface area (Å²) in [5.74, 6) is 0. The number of rotatable bonds is 3. The van der Waals surface area contributed by atoms with Gasteiger partial charge in [0.1, 0.15) is 11.4 Å². The van der Waals surface area contributed by atoms with Gasteiger partial charge >= 0.3 is 6.03 Å². The van der Waals surface area contributed by atoms with Crippen molar-refractivity contribution < 1.29 is 4.79 Å². The van der Waals surface area contributed by atoms with E-state index in [0.717, 1.165) is 30.5 Å². The molecule has 1 aromatic heterocycles. The highest BCUT2D eigenvalue weighted by atomic mass is 35.5. The first-order chi connectivity index (χ1) is 14.4. The average molecular weight is 484 g/mol. The Hall–Kier alpha value is -1.79. The smallest absolute Gasteiger partial charge is 0.332 e. The van der Waals surface area contributed by atoms with Crippen molar-refractivity contribution >= 4 is 52.4 Å². The monoisotopic (exact) mass is 482 g/mol. The zero-order valence-electron chi connectivity index (χ0n) is 15.8. The zero-order valence-corrected chi connectivity index (χ0v) is 18.9. The van der Waals surface area contributed by atoms with Crippen molar-refractivity contribution in [1.82, 2.24) is 20.3 Å². The van der Waals surface area contributed by atoms with Crippen molar-refractivity contribution in [3.05, 3.63) is 56.5 Å². The van der Waals surface area contributed by atoms with Crippen LogP contribution in [0.25, 0.3) is 22.5 Å². The number of nitrogens with one attached hydrogen (secondary N) is 1. The number of carbonyl (C=O) groups excluding carboxylic acids is 1. The maximum Gasteiger partial charge on any atom is 0.359 e. The number of aromatic nitrogens is 3. The Morgan fingerprint density at radius 1 is 0.833 bits per heavy atom. The third-order valence-corrected chi connectivity index (χ3v) is 6.20. The number of halogens is 4. The summed E-state index contributed by atoms with van der Waals surface area (Å²) in [6.07, 6.45) is 5.33. The summed E-state index contributed by atoms with van der Waals surface area (Å²) in [4.78, 5) is 13.9. The van der Waals surface area contributed by atoms with Crippen LogP contribution in [0.1, 0.15) is 32.1 Å². The van der Waals surface area contributed by atoms with Gasteiger partial charge in [0.15, 0.2) is 0 Å². The van der Waals surface area contributed by atoms with Gasteiger partial charge in [0, 0.05) is 27.2 Å². The summed E-state index contributed by atoms with van der Waals surface area (Å²) in [7, 11) is 0. The van der Waals surface area contributed by atoms with Crippen LogP contribution in [-0.4, -0.2) is 27.1 Å². The van der Waals surface area contributed by atoms with Crippen LogP contribution in [0.2, 0.25) is 20.1 Å². The third-order valence-electron chi connectivity index (χ3n) is 5.10. The largest absolute Gasteiger partial charge is 0.359 e. The van der Waals surface area contributed by atoms with Crippen LogP contribution < -0.4 is 5.32 Å². The van der Waals surface area contributed by atoms with Crippen molar-refractivity contribution in [1.29, 1.82) is 0 Å². The minimum atomic E-state index is -0.385. The van der Waals surface area contributed by atoms with Gasteiger partial charge in [0.25, 0.3) is 0 Å². The van der Waals surface area contributed by atoms with E-state index in [-0.39, 0.29) is 12.1 Å². The summed E-state index contributed by atoms with van der Waals surface area (Å²) in [5.41, 5.74) is 2.05. The highest BCUT2D eigenvalue weighted by Crippen LogP contribution is 2.38. The van der Waals surface area contributed by atoms with Gasteiger partial charge in [0.05, 0.1) is 10.0 Å². The molecule has 0 atom stereocenters. The maximum absolute atomic E-state index is 12.8. The van der Waals surface area contributed by atoms with E-state index >= 15 is 0 Å². The lowest BCUT2D eigenvalue weighted by Gasteiger charge is -2.22. The lowest BCUT2D eigenvalue weighted by atomic mass is 9.96. The van der Waals surface area contributed by atoms with E-state index in [4.69, 9.17) is 46.4 Å². The summed E-state index contributed by atoms with van der Waals surface area (Å²) in [6, 6.07) is 9.87. The molecule has 4 rings (SSSR count). The summed E-state index contributed by atoms with van der Waals surface area (Å²) < 4.78 is 0. The second kappa shape index (κ2) is 9.15. The quantitative estimate of drug-likeness (QED) is 0.431. The maximum atomic E-state index is 12.8. The molecule has 0 bridgehead atoms. The standard InChI is InChI=1S/C21H18Cl4N4O/c22-12-6-8-15(17(24)10-12)19-20(16-9-7-13(23)11-18(16)25)28-29(27-19)21(30)26-14-4-2-1-3-5-14/h6-11,14H,1-5H2,(H,26,30). The van der Waals surface area contributed by atoms with Gasteiger partial charge < -0.3 is 5.32 Å². The molecule has 5 nitrogen and oxygen atoms in total. The SMILES string of the molecule is O=C(NC1CCCCC1)n1nc(-c2ccc(Cl)cc2Cl)c(-c2ccc(Cl)cc2Cl)n1. The molecule has 1 amide bonds. The molecule has 1 fully saturated rings. The highest BCUT2D eigenvalue weighted by Gasteiger charge is 2.24. The van der Waals surface area contributed by atoms with E-state index < -0.39 is 0 Å². The third kappa shape index (κ3) is 4.59. The molecule has 0 saturated heterocycles. The topological polar surface area (TPSA) is 59.8 Å². The van der Waals surface area contributed by atoms with Crippen molar-refractivity contribution in [3.8, 4) is 22.5 Å². The van der Waals surface area contributed by atoms with Crippen molar-refractivity contribution in [3.63, 3.8) is 0 Å². The lowest BCUT2D eigenvalue weighted by molar-refractivity contribution is 0.228. The summed E-state index contributed by atoms with van der Waals surface area (Å²) >= 11 is 24.9. The molecule has 9 heteroatoms. The van der Waals surface area contributed by atoms with Crippen LogP contribution in [0.5, 0.6) is 0 Å². The number of amides is 1. The van der Waals surface area contributed by atoms with Gasteiger partial charge in [-0.05, 0) is 49.2 Å². The molecular weight excluding hydrogens is 466 g/mol. The fourth-order valence-corrected chi connectivity index (χ4v) is 4.60. The molecule has 0 radical (unpaired) electrons. The second-order valence-electron chi connectivity index (χ2n) is 7.22. The Balaban J connectivity index is 1.77. The van der Waals surface area contributed by atoms with E-state index in [1.54, 1.807) is 36.4 Å². The molecule has 30 heavy (non-hydrogen) atoms. The molecule has 0 aliphatic heterocycles. The Morgan fingerprint density at radius 2 is 1.33 bits per heavy atom. The first kappa shape index (κ1) is 21.4. The molecule has 1 aliphatic carbocycles. The number of carbonyl (C=O) groups is 1. The Bertz CT molecular complexity index is 1020. The van der Waals surface area contributed by atoms with Gasteiger partial charge in [-0.25, -0.2) is 4.79 Å². The number of nitrogens with zero attached hydrogens (tertiary/aromatic N) is 3. The van der Waals surface area contributed by atoms with Gasteiger partial charge in [-0.2, -0.15) is 0 Å². The highest BCUT2D eigenvalue weighted by molar-refractivity contribution is 6.37. The van der Waals surface area contributed by atoms with Crippen LogP contribution >= 0.6 is 46.4 Å². The van der Waals surface area contributed by atoms with Gasteiger partial charge in [-0.1, -0.05) is 70.5 Å². The number of benzene rings is 2. The Labute approximate surface area is 194 Å². The van der Waals surface area contributed by atoms with Crippen LogP contribution in [0, 0.1) is 0 Å². The lowest BCUT2D eigenvalue weighted by Crippen LogP contribution is -2.39. The first-order valence-corrected chi connectivity index (χ1v) is 11.1. The molecular formula is C21H18Cl4N4O. The fourth-order valence-electron chi connectivity index (χ4n) is 3.60. The molecule has 3 aromatic rings. The molecule has 1 saturated carbocycles. The van der Waals surface area contributed by atoms with Crippen molar-refractivity contribution in [2.75, 3.05) is 0 Å². The van der Waals surface area contributed by atoms with E-state index in [9.17, 15) is 4.79 Å². The molecule has 0 unspecified atom stereocenters. The second-order valence-corrected chi connectivity index (χ2v) is 8.91. The van der Waals surface area contributed by atoms with E-state index in [2.05, 4.69) is 15.5 Å². The van der Waals surface area contributed by atoms with Crippen LogP contribution in [0.4, 0.5) is 4.79 Å². The van der Waals surface area contributed by atoms with E-state index in [0.29, 0.717) is 42.6 Å². The minimum Gasteiger partial charge on any atom is -0.332 e. The van der Waals surface area contributed by atoms with E-state index in [1.165, 1.54) is 6.42 Å². The number of hydrogen-bond acceptors (Lipinski definition) is 3. The molecule has 1 N–H and O–H groups in total. The predicted molar refractivity (Wildman–Crippen MR) is 122 cm³/mol. The molecule has 0 spiro atoms. The molecule has 1 aliphatic rings. The molecule has 1 heterocycles. The van der Waals surface area contributed by atoms with Crippen LogP contribution in [-0.2, 0) is 0 Å². The van der Waals surface area contributed by atoms with Gasteiger partial charge in [-0.15, -0.1) is 10.2 Å². The van der Waals surface area contributed by atoms with E-state index in [1.807, 2.05) is 0 Å². The fraction of sp³-hybridized carbons (Fsp3) is 0.286. The van der Waals surface area contributed by atoms with Crippen molar-refractivity contribution in [2.24, 2.45) is 0 Å². The zero-order chi connectivity index (χ0) is 21.3. The summed E-state index contributed by atoms with van der Waals surface area (Å²) in [6.45, 7) is 0. The van der Waals surface area contributed by atoms with Gasteiger partial charge in [0.2, 0.25) is 0 Å². The number of hydrogen-bond donors (Lipinski definition) is 1. The molecule has 156 valence electrons. The molecule has 2 aromatic carbocycles. The Morgan fingerprint density at radius 3 is 1.80 bits per heavy atom. The first-order valence-electron chi connectivity index (χ1n) is 9.61. The minimum absolute atomic E-state index is 0.127. The van der Waals surface area contributed by atoms with Crippen LogP contribution in [0.15, 0.2) is 36.4 Å². The Kier molecular flexibility index (Phi) is 6.54. The van der Waals surface area contributed by atoms with Crippen LogP contribution in [0.3, 0.4) is 0 Å². The summed E-state index contributed by atoms with van der Waals surface area (Å²) in [5, 5.41) is 13.7. The predicted octanol–water partition coefficient (Wildman–Crippen LogP) is 7.12.